The largest absolute Gasteiger partial charge is 0.334 e. The third-order valence-electron chi connectivity index (χ3n) is 3.59. The number of aryl methyl sites for hydroxylation is 1. The Morgan fingerprint density at radius 3 is 2.79 bits per heavy atom. The number of aromatic nitrogens is 3. The molecule has 0 saturated carbocycles. The Labute approximate surface area is 139 Å². The Hall–Kier alpha value is -2.51. The summed E-state index contributed by atoms with van der Waals surface area (Å²) in [6.07, 6.45) is 3.92. The molecule has 2 rings (SSSR count). The molecule has 0 spiro atoms. The lowest BCUT2D eigenvalue weighted by molar-refractivity contribution is -0.00493. The molecular formula is C16H21F2N5O. The molecule has 0 aliphatic heterocycles. The fraction of sp³-hybridized carbons (Fsp3) is 0.438. The van der Waals surface area contributed by atoms with Gasteiger partial charge in [0, 0.05) is 30.5 Å². The van der Waals surface area contributed by atoms with Gasteiger partial charge in [-0.3, -0.25) is 9.67 Å². The molecule has 2 N–H and O–H groups in total. The number of nitrogens with zero attached hydrogens (tertiary/aromatic N) is 3. The van der Waals surface area contributed by atoms with Crippen LogP contribution in [0.25, 0.3) is 0 Å². The number of hydrogen-bond donors (Lipinski definition) is 2. The first-order valence-corrected chi connectivity index (χ1v) is 7.76. The van der Waals surface area contributed by atoms with Gasteiger partial charge in [0.2, 0.25) is 0 Å². The van der Waals surface area contributed by atoms with Crippen molar-refractivity contribution >= 4 is 6.03 Å². The van der Waals surface area contributed by atoms with Crippen molar-refractivity contribution in [2.24, 2.45) is 0 Å². The van der Waals surface area contributed by atoms with E-state index in [0.717, 1.165) is 24.2 Å². The van der Waals surface area contributed by atoms with Crippen LogP contribution in [-0.2, 0) is 19.0 Å². The smallest absolute Gasteiger partial charge is 0.315 e. The molecule has 6 nitrogen and oxygen atoms in total. The van der Waals surface area contributed by atoms with Gasteiger partial charge in [-0.1, -0.05) is 13.0 Å². The van der Waals surface area contributed by atoms with Gasteiger partial charge >= 0.3 is 12.0 Å². The summed E-state index contributed by atoms with van der Waals surface area (Å²) < 4.78 is 29.7. The van der Waals surface area contributed by atoms with E-state index in [4.69, 9.17) is 0 Å². The summed E-state index contributed by atoms with van der Waals surface area (Å²) in [7, 11) is 0. The molecule has 2 aromatic heterocycles. The summed E-state index contributed by atoms with van der Waals surface area (Å²) in [6, 6.07) is 3.60. The highest BCUT2D eigenvalue weighted by Crippen LogP contribution is 2.24. The van der Waals surface area contributed by atoms with Crippen molar-refractivity contribution in [3.63, 3.8) is 0 Å². The summed E-state index contributed by atoms with van der Waals surface area (Å²) in [6.45, 7) is 4.18. The van der Waals surface area contributed by atoms with E-state index in [1.807, 2.05) is 18.5 Å². The molecule has 2 amide bonds. The Balaban J connectivity index is 1.83. The summed E-state index contributed by atoms with van der Waals surface area (Å²) >= 11 is 0. The molecule has 0 aliphatic carbocycles. The highest BCUT2D eigenvalue weighted by Gasteiger charge is 2.33. The molecule has 0 saturated heterocycles. The van der Waals surface area contributed by atoms with Gasteiger partial charge in [-0.15, -0.1) is 0 Å². The highest BCUT2D eigenvalue weighted by atomic mass is 19.3. The van der Waals surface area contributed by atoms with Gasteiger partial charge in [-0.25, -0.2) is 4.79 Å². The standard InChI is InChI=1S/C16H21F2N5O/c1-3-8-23-12(2)13(10-22-23)9-20-15(24)21-11-16(17,18)14-6-4-5-7-19-14/h4-7,10H,3,8-9,11H2,1-2H3,(H2,20,21,24). The van der Waals surface area contributed by atoms with Crippen LogP contribution in [-0.4, -0.2) is 27.3 Å². The van der Waals surface area contributed by atoms with E-state index in [9.17, 15) is 13.6 Å². The van der Waals surface area contributed by atoms with Gasteiger partial charge in [0.15, 0.2) is 0 Å². The normalized spacial score (nSPS) is 11.3. The van der Waals surface area contributed by atoms with Crippen molar-refractivity contribution in [3.8, 4) is 0 Å². The van der Waals surface area contributed by atoms with Gasteiger partial charge in [-0.05, 0) is 25.5 Å². The van der Waals surface area contributed by atoms with E-state index in [1.54, 1.807) is 12.3 Å². The first-order chi connectivity index (χ1) is 11.4. The maximum absolute atomic E-state index is 13.9. The summed E-state index contributed by atoms with van der Waals surface area (Å²) in [4.78, 5) is 15.4. The lowest BCUT2D eigenvalue weighted by Crippen LogP contribution is -2.41. The van der Waals surface area contributed by atoms with Crippen LogP contribution in [0.3, 0.4) is 0 Å². The average molecular weight is 337 g/mol. The van der Waals surface area contributed by atoms with Crippen LogP contribution in [0.15, 0.2) is 30.6 Å². The van der Waals surface area contributed by atoms with Crippen molar-refractivity contribution in [3.05, 3.63) is 47.5 Å². The Morgan fingerprint density at radius 1 is 1.33 bits per heavy atom. The number of halogens is 2. The number of urea groups is 1. The van der Waals surface area contributed by atoms with Crippen molar-refractivity contribution < 1.29 is 13.6 Å². The SMILES string of the molecule is CCCn1ncc(CNC(=O)NCC(F)(F)c2ccccn2)c1C. The van der Waals surface area contributed by atoms with Crippen LogP contribution in [0.2, 0.25) is 0 Å². The summed E-state index contributed by atoms with van der Waals surface area (Å²) in [5, 5.41) is 8.96. The molecule has 0 bridgehead atoms. The zero-order valence-corrected chi connectivity index (χ0v) is 13.7. The number of carbonyl (C=O) groups is 1. The second-order valence-corrected chi connectivity index (χ2v) is 5.43. The first-order valence-electron chi connectivity index (χ1n) is 7.76. The molecule has 2 aromatic rings. The number of nitrogens with one attached hydrogen (secondary N) is 2. The van der Waals surface area contributed by atoms with Crippen LogP contribution >= 0.6 is 0 Å². The zero-order chi connectivity index (χ0) is 17.6. The number of alkyl halides is 2. The third-order valence-corrected chi connectivity index (χ3v) is 3.59. The topological polar surface area (TPSA) is 71.8 Å². The van der Waals surface area contributed by atoms with Crippen LogP contribution in [0.1, 0.15) is 30.3 Å². The molecule has 0 unspecified atom stereocenters. The van der Waals surface area contributed by atoms with E-state index in [0.29, 0.717) is 0 Å². The summed E-state index contributed by atoms with van der Waals surface area (Å²) in [5.74, 6) is -3.22. The van der Waals surface area contributed by atoms with Crippen molar-refractivity contribution in [1.82, 2.24) is 25.4 Å². The van der Waals surface area contributed by atoms with E-state index in [-0.39, 0.29) is 12.2 Å². The third kappa shape index (κ3) is 4.50. The minimum absolute atomic E-state index is 0.233. The fourth-order valence-corrected chi connectivity index (χ4v) is 2.19. The highest BCUT2D eigenvalue weighted by molar-refractivity contribution is 5.73. The minimum atomic E-state index is -3.22. The van der Waals surface area contributed by atoms with E-state index in [2.05, 4.69) is 20.7 Å². The Kier molecular flexibility index (Phi) is 5.83. The monoisotopic (exact) mass is 337 g/mol. The molecule has 0 aromatic carbocycles. The van der Waals surface area contributed by atoms with Crippen molar-refractivity contribution in [1.29, 1.82) is 0 Å². The number of pyridine rings is 1. The Bertz CT molecular complexity index is 672. The van der Waals surface area contributed by atoms with E-state index in [1.165, 1.54) is 18.3 Å². The number of hydrogen-bond acceptors (Lipinski definition) is 3. The maximum atomic E-state index is 13.9. The van der Waals surface area contributed by atoms with Crippen LogP contribution in [0.5, 0.6) is 0 Å². The lowest BCUT2D eigenvalue weighted by atomic mass is 10.2. The number of amides is 2. The van der Waals surface area contributed by atoms with Gasteiger partial charge in [0.1, 0.15) is 5.69 Å². The molecule has 0 atom stereocenters. The van der Waals surface area contributed by atoms with Crippen molar-refractivity contribution in [2.45, 2.75) is 39.3 Å². The first kappa shape index (κ1) is 17.8. The van der Waals surface area contributed by atoms with Crippen molar-refractivity contribution in [2.75, 3.05) is 6.54 Å². The van der Waals surface area contributed by atoms with Gasteiger partial charge < -0.3 is 10.6 Å². The van der Waals surface area contributed by atoms with Gasteiger partial charge in [-0.2, -0.15) is 13.9 Å². The molecule has 130 valence electrons. The fourth-order valence-electron chi connectivity index (χ4n) is 2.19. The molecule has 2 heterocycles. The predicted molar refractivity (Wildman–Crippen MR) is 85.6 cm³/mol. The van der Waals surface area contributed by atoms with Crippen LogP contribution < -0.4 is 10.6 Å². The quantitative estimate of drug-likeness (QED) is 0.816. The maximum Gasteiger partial charge on any atom is 0.315 e. The number of carbonyl (C=O) groups excluding carboxylic acids is 1. The molecule has 0 radical (unpaired) electrons. The predicted octanol–water partition coefficient (Wildman–Crippen LogP) is 2.59. The molecule has 8 heteroatoms. The number of rotatable bonds is 7. The van der Waals surface area contributed by atoms with E-state index >= 15 is 0 Å². The van der Waals surface area contributed by atoms with Crippen LogP contribution in [0, 0.1) is 6.92 Å². The van der Waals surface area contributed by atoms with Gasteiger partial charge in [0.05, 0.1) is 12.7 Å². The van der Waals surface area contributed by atoms with Crippen LogP contribution in [0.4, 0.5) is 13.6 Å². The molecule has 24 heavy (non-hydrogen) atoms. The molecular weight excluding hydrogens is 316 g/mol. The minimum Gasteiger partial charge on any atom is -0.334 e. The van der Waals surface area contributed by atoms with E-state index < -0.39 is 18.5 Å². The summed E-state index contributed by atoms with van der Waals surface area (Å²) in [5.41, 5.74) is 1.44. The molecule has 0 aliphatic rings. The zero-order valence-electron chi connectivity index (χ0n) is 13.7. The second kappa shape index (κ2) is 7.85. The lowest BCUT2D eigenvalue weighted by Gasteiger charge is -2.16. The molecule has 0 fully saturated rings. The average Bonchev–Trinajstić information content (AvgIpc) is 2.93. The Morgan fingerprint density at radius 2 is 2.12 bits per heavy atom. The van der Waals surface area contributed by atoms with Gasteiger partial charge in [0.25, 0.3) is 0 Å². The second-order valence-electron chi connectivity index (χ2n) is 5.43.